The van der Waals surface area contributed by atoms with E-state index in [1.807, 2.05) is 0 Å². The Kier molecular flexibility index (Phi) is 4.20. The molecule has 1 atom stereocenters. The Bertz CT molecular complexity index is 652. The van der Waals surface area contributed by atoms with Gasteiger partial charge in [-0.2, -0.15) is 0 Å². The Labute approximate surface area is 124 Å². The molecule has 0 bridgehead atoms. The van der Waals surface area contributed by atoms with E-state index in [-0.39, 0.29) is 17.6 Å². The van der Waals surface area contributed by atoms with E-state index >= 15 is 0 Å². The van der Waals surface area contributed by atoms with E-state index in [0.29, 0.717) is 10.7 Å². The highest BCUT2D eigenvalue weighted by Gasteiger charge is 2.32. The molecule has 0 saturated carbocycles. The van der Waals surface area contributed by atoms with Crippen LogP contribution in [0.2, 0.25) is 5.02 Å². The molecule has 0 saturated heterocycles. The third-order valence-electron chi connectivity index (χ3n) is 3.06. The minimum absolute atomic E-state index is 0.0853. The van der Waals surface area contributed by atoms with Crippen molar-refractivity contribution < 1.29 is 13.2 Å². The van der Waals surface area contributed by atoms with Crippen LogP contribution in [0.15, 0.2) is 35.7 Å². The van der Waals surface area contributed by atoms with Crippen molar-refractivity contribution >= 4 is 33.0 Å². The fourth-order valence-electron chi connectivity index (χ4n) is 2.11. The lowest BCUT2D eigenvalue weighted by Crippen LogP contribution is -2.43. The van der Waals surface area contributed by atoms with Crippen LogP contribution in [0.3, 0.4) is 0 Å². The molecule has 0 radical (unpaired) electrons. The summed E-state index contributed by atoms with van der Waals surface area (Å²) in [6.45, 7) is 3.57. The van der Waals surface area contributed by atoms with Crippen molar-refractivity contribution in [2.75, 3.05) is 10.7 Å². The molecule has 1 aromatic rings. The summed E-state index contributed by atoms with van der Waals surface area (Å²) in [6.07, 6.45) is 1.55. The van der Waals surface area contributed by atoms with Gasteiger partial charge in [-0.3, -0.25) is 4.79 Å². The minimum Gasteiger partial charge on any atom is -0.304 e. The van der Waals surface area contributed by atoms with Crippen molar-refractivity contribution in [2.45, 2.75) is 19.9 Å². The van der Waals surface area contributed by atoms with Crippen molar-refractivity contribution in [2.24, 2.45) is 5.92 Å². The highest BCUT2D eigenvalue weighted by molar-refractivity contribution is 7.94. The van der Waals surface area contributed by atoms with E-state index in [2.05, 4.69) is 0 Å². The summed E-state index contributed by atoms with van der Waals surface area (Å²) in [4.78, 5) is 13.9. The van der Waals surface area contributed by atoms with Crippen molar-refractivity contribution in [3.63, 3.8) is 0 Å². The van der Waals surface area contributed by atoms with Gasteiger partial charge >= 0.3 is 0 Å². The predicted molar refractivity (Wildman–Crippen MR) is 80.5 cm³/mol. The van der Waals surface area contributed by atoms with Gasteiger partial charge in [0.15, 0.2) is 9.84 Å². The number of carbonyl (C=O) groups excluding carboxylic acids is 1. The molecule has 0 spiro atoms. The molecule has 1 amide bonds. The van der Waals surface area contributed by atoms with E-state index in [0.717, 1.165) is 0 Å². The predicted octanol–water partition coefficient (Wildman–Crippen LogP) is 2.64. The van der Waals surface area contributed by atoms with Gasteiger partial charge < -0.3 is 4.90 Å². The lowest BCUT2D eigenvalue weighted by molar-refractivity contribution is -0.121. The Balaban J connectivity index is 2.41. The van der Waals surface area contributed by atoms with E-state index in [1.165, 1.54) is 10.3 Å². The second-order valence-electron chi connectivity index (χ2n) is 5.07. The number of anilines is 1. The molecule has 20 heavy (non-hydrogen) atoms. The van der Waals surface area contributed by atoms with Crippen LogP contribution in [0.5, 0.6) is 0 Å². The molecule has 0 N–H and O–H groups in total. The molecular weight excluding hydrogens is 298 g/mol. The zero-order valence-corrected chi connectivity index (χ0v) is 12.9. The normalized spacial score (nSPS) is 20.3. The Morgan fingerprint density at radius 3 is 2.60 bits per heavy atom. The maximum Gasteiger partial charge on any atom is 0.230 e. The van der Waals surface area contributed by atoms with E-state index in [9.17, 15) is 13.2 Å². The maximum absolute atomic E-state index is 12.4. The number of hydrogen-bond donors (Lipinski definition) is 0. The van der Waals surface area contributed by atoms with Crippen LogP contribution >= 0.6 is 11.6 Å². The molecule has 6 heteroatoms. The Hall–Kier alpha value is -1.33. The molecule has 1 aliphatic rings. The highest BCUT2D eigenvalue weighted by Crippen LogP contribution is 2.26. The molecule has 1 aromatic carbocycles. The summed E-state index contributed by atoms with van der Waals surface area (Å²) in [5.41, 5.74) is 0.614. The monoisotopic (exact) mass is 313 g/mol. The molecule has 1 aliphatic heterocycles. The van der Waals surface area contributed by atoms with Crippen molar-refractivity contribution in [3.8, 4) is 0 Å². The standard InChI is InChI=1S/C14H16ClNO3S/c1-10(2)14(17)16(12-5-3-4-11(15)8-12)13-6-7-20(18,19)9-13/h3-8,10,13H,9H2,1-2H3/t13-/m0/s1. The quantitative estimate of drug-likeness (QED) is 0.862. The number of rotatable bonds is 3. The summed E-state index contributed by atoms with van der Waals surface area (Å²) in [7, 11) is -3.23. The summed E-state index contributed by atoms with van der Waals surface area (Å²) < 4.78 is 23.2. The molecule has 0 aromatic heterocycles. The maximum atomic E-state index is 12.4. The fourth-order valence-corrected chi connectivity index (χ4v) is 3.56. The molecule has 0 fully saturated rings. The molecule has 0 aliphatic carbocycles. The van der Waals surface area contributed by atoms with Gasteiger partial charge in [-0.1, -0.05) is 31.5 Å². The average Bonchev–Trinajstić information content (AvgIpc) is 2.69. The second kappa shape index (κ2) is 5.58. The first-order valence-electron chi connectivity index (χ1n) is 6.30. The van der Waals surface area contributed by atoms with Crippen LogP contribution in [0, 0.1) is 5.92 Å². The second-order valence-corrected chi connectivity index (χ2v) is 7.44. The number of amides is 1. The lowest BCUT2D eigenvalue weighted by atomic mass is 10.1. The SMILES string of the molecule is CC(C)C(=O)N(c1cccc(Cl)c1)[C@H]1C=CS(=O)(=O)C1. The Morgan fingerprint density at radius 1 is 1.40 bits per heavy atom. The first kappa shape index (κ1) is 15.1. The molecule has 1 heterocycles. The van der Waals surface area contributed by atoms with Gasteiger partial charge in [0.1, 0.15) is 0 Å². The molecule has 2 rings (SSSR count). The fraction of sp³-hybridized carbons (Fsp3) is 0.357. The van der Waals surface area contributed by atoms with Crippen LogP contribution in [0.25, 0.3) is 0 Å². The molecule has 108 valence electrons. The van der Waals surface area contributed by atoms with Gasteiger partial charge in [-0.25, -0.2) is 8.42 Å². The zero-order chi connectivity index (χ0) is 14.9. The number of halogens is 1. The van der Waals surface area contributed by atoms with E-state index in [1.54, 1.807) is 44.2 Å². The molecule has 4 nitrogen and oxygen atoms in total. The minimum atomic E-state index is -3.23. The van der Waals surface area contributed by atoms with Gasteiger partial charge in [0.2, 0.25) is 5.91 Å². The highest BCUT2D eigenvalue weighted by atomic mass is 35.5. The van der Waals surface area contributed by atoms with Crippen LogP contribution in [-0.4, -0.2) is 26.1 Å². The first-order chi connectivity index (χ1) is 9.30. The number of sulfone groups is 1. The van der Waals surface area contributed by atoms with Gasteiger partial charge in [-0.15, -0.1) is 0 Å². The van der Waals surface area contributed by atoms with Gasteiger partial charge in [0, 0.05) is 22.0 Å². The summed E-state index contributed by atoms with van der Waals surface area (Å²) >= 11 is 5.96. The van der Waals surface area contributed by atoms with Crippen LogP contribution < -0.4 is 4.90 Å². The third kappa shape index (κ3) is 3.22. The smallest absolute Gasteiger partial charge is 0.230 e. The van der Waals surface area contributed by atoms with Gasteiger partial charge in [-0.05, 0) is 24.3 Å². The topological polar surface area (TPSA) is 54.5 Å². The summed E-state index contributed by atoms with van der Waals surface area (Å²) in [5, 5.41) is 1.68. The van der Waals surface area contributed by atoms with E-state index in [4.69, 9.17) is 11.6 Å². The number of benzene rings is 1. The molecule has 0 unspecified atom stereocenters. The van der Waals surface area contributed by atoms with Crippen molar-refractivity contribution in [3.05, 3.63) is 40.8 Å². The average molecular weight is 314 g/mol. The summed E-state index contributed by atoms with van der Waals surface area (Å²) in [5.74, 6) is -0.442. The van der Waals surface area contributed by atoms with Gasteiger partial charge in [0.25, 0.3) is 0 Å². The van der Waals surface area contributed by atoms with Crippen LogP contribution in [0.4, 0.5) is 5.69 Å². The van der Waals surface area contributed by atoms with Crippen molar-refractivity contribution in [1.29, 1.82) is 0 Å². The first-order valence-corrected chi connectivity index (χ1v) is 8.39. The van der Waals surface area contributed by atoms with Crippen LogP contribution in [0.1, 0.15) is 13.8 Å². The number of nitrogens with zero attached hydrogens (tertiary/aromatic N) is 1. The largest absolute Gasteiger partial charge is 0.304 e. The van der Waals surface area contributed by atoms with Crippen molar-refractivity contribution in [1.82, 2.24) is 0 Å². The molecular formula is C14H16ClNO3S. The van der Waals surface area contributed by atoms with E-state index < -0.39 is 15.9 Å². The number of hydrogen-bond acceptors (Lipinski definition) is 3. The lowest BCUT2D eigenvalue weighted by Gasteiger charge is -2.29. The summed E-state index contributed by atoms with van der Waals surface area (Å²) in [6, 6.07) is 6.40. The van der Waals surface area contributed by atoms with Crippen LogP contribution in [-0.2, 0) is 14.6 Å². The third-order valence-corrected chi connectivity index (χ3v) is 4.67. The van der Waals surface area contributed by atoms with Gasteiger partial charge in [0.05, 0.1) is 11.8 Å². The number of carbonyl (C=O) groups is 1. The Morgan fingerprint density at radius 2 is 2.10 bits per heavy atom. The zero-order valence-electron chi connectivity index (χ0n) is 11.3.